The summed E-state index contributed by atoms with van der Waals surface area (Å²) in [6, 6.07) is 29.7. The molecule has 108 valence electrons. The highest BCUT2D eigenvalue weighted by Gasteiger charge is 1.92. The van der Waals surface area contributed by atoms with Gasteiger partial charge < -0.3 is 0 Å². The van der Waals surface area contributed by atoms with E-state index in [2.05, 4.69) is 98.8 Å². The lowest BCUT2D eigenvalue weighted by Gasteiger charge is -1.98. The van der Waals surface area contributed by atoms with Gasteiger partial charge in [-0.2, -0.15) is 0 Å². The monoisotopic (exact) mass is 284 g/mol. The first kappa shape index (κ1) is 14.3. The van der Waals surface area contributed by atoms with Crippen LogP contribution in [0.4, 0.5) is 0 Å². The molecule has 0 unspecified atom stereocenters. The van der Waals surface area contributed by atoms with Crippen LogP contribution in [0.5, 0.6) is 0 Å². The van der Waals surface area contributed by atoms with Gasteiger partial charge in [-0.3, -0.25) is 0 Å². The van der Waals surface area contributed by atoms with E-state index in [-0.39, 0.29) is 0 Å². The zero-order valence-electron chi connectivity index (χ0n) is 13.1. The van der Waals surface area contributed by atoms with Crippen LogP contribution in [0.2, 0.25) is 0 Å². The summed E-state index contributed by atoms with van der Waals surface area (Å²) in [4.78, 5) is 0. The van der Waals surface area contributed by atoms with Crippen LogP contribution in [-0.2, 0) is 0 Å². The Morgan fingerprint density at radius 3 is 1.91 bits per heavy atom. The van der Waals surface area contributed by atoms with Crippen LogP contribution in [0.1, 0.15) is 11.1 Å². The van der Waals surface area contributed by atoms with Crippen molar-refractivity contribution in [2.45, 2.75) is 13.8 Å². The third-order valence-corrected chi connectivity index (χ3v) is 3.91. The lowest BCUT2D eigenvalue weighted by molar-refractivity contribution is 1.51. The van der Waals surface area contributed by atoms with E-state index >= 15 is 0 Å². The summed E-state index contributed by atoms with van der Waals surface area (Å²) < 4.78 is 0. The normalized spacial score (nSPS) is 10.3. The number of hydrogen-bond donors (Lipinski definition) is 0. The molecule has 0 saturated carbocycles. The largest absolute Gasteiger partial charge is 0.0616 e. The van der Waals surface area contributed by atoms with Gasteiger partial charge in [0.15, 0.2) is 0 Å². The molecular weight excluding hydrogens is 264 g/mol. The molecule has 0 saturated heterocycles. The minimum absolute atomic E-state index is 1.32. The van der Waals surface area contributed by atoms with Crippen LogP contribution in [0, 0.1) is 13.8 Å². The first-order valence-electron chi connectivity index (χ1n) is 7.64. The third-order valence-electron chi connectivity index (χ3n) is 3.91. The standard InChI is InChI=1S/2C11H10/c1-9-5-4-7-10-6-2-3-8-11(9)10;1-9-6-7-10-4-2-3-5-11(10)8-9/h2*2-8H,1H3. The van der Waals surface area contributed by atoms with E-state index in [0.717, 1.165) is 0 Å². The summed E-state index contributed by atoms with van der Waals surface area (Å²) in [6.45, 7) is 4.26. The van der Waals surface area contributed by atoms with Crippen LogP contribution in [-0.4, -0.2) is 0 Å². The van der Waals surface area contributed by atoms with Gasteiger partial charge in [-0.1, -0.05) is 90.5 Å². The fourth-order valence-electron chi connectivity index (χ4n) is 2.70. The summed E-state index contributed by atoms with van der Waals surface area (Å²) in [7, 11) is 0. The molecule has 0 aliphatic carbocycles. The Labute approximate surface area is 132 Å². The number of rotatable bonds is 0. The van der Waals surface area contributed by atoms with Crippen molar-refractivity contribution in [2.24, 2.45) is 0 Å². The maximum absolute atomic E-state index is 2.20. The van der Waals surface area contributed by atoms with Crippen LogP contribution < -0.4 is 0 Å². The molecule has 0 heteroatoms. The number of hydrogen-bond acceptors (Lipinski definition) is 0. The predicted octanol–water partition coefficient (Wildman–Crippen LogP) is 6.30. The van der Waals surface area contributed by atoms with Crippen molar-refractivity contribution in [1.29, 1.82) is 0 Å². The Kier molecular flexibility index (Phi) is 4.20. The van der Waals surface area contributed by atoms with Crippen molar-refractivity contribution in [3.05, 3.63) is 96.1 Å². The third kappa shape index (κ3) is 3.17. The summed E-state index contributed by atoms with van der Waals surface area (Å²) in [6.07, 6.45) is 0. The zero-order valence-corrected chi connectivity index (χ0v) is 13.1. The second kappa shape index (κ2) is 6.44. The lowest BCUT2D eigenvalue weighted by atomic mass is 10.1. The highest BCUT2D eigenvalue weighted by atomic mass is 14.0. The van der Waals surface area contributed by atoms with E-state index in [0.29, 0.717) is 0 Å². The average molecular weight is 284 g/mol. The second-order valence-electron chi connectivity index (χ2n) is 5.65. The summed E-state index contributed by atoms with van der Waals surface area (Å²) >= 11 is 0. The SMILES string of the molecule is Cc1ccc2ccccc2c1.Cc1cccc2ccccc12. The average Bonchev–Trinajstić information content (AvgIpc) is 2.56. The molecule has 22 heavy (non-hydrogen) atoms. The van der Waals surface area contributed by atoms with E-state index in [1.165, 1.54) is 32.7 Å². The van der Waals surface area contributed by atoms with Crippen molar-refractivity contribution in [3.63, 3.8) is 0 Å². The number of benzene rings is 4. The Hall–Kier alpha value is -2.60. The van der Waals surface area contributed by atoms with E-state index < -0.39 is 0 Å². The highest BCUT2D eigenvalue weighted by molar-refractivity contribution is 5.85. The highest BCUT2D eigenvalue weighted by Crippen LogP contribution is 2.16. The van der Waals surface area contributed by atoms with Gasteiger partial charge in [-0.05, 0) is 41.0 Å². The van der Waals surface area contributed by atoms with Gasteiger partial charge in [-0.25, -0.2) is 0 Å². The smallest absolute Gasteiger partial charge is 0.0155 e. The minimum Gasteiger partial charge on any atom is -0.0616 e. The molecule has 0 nitrogen and oxygen atoms in total. The molecule has 0 aliphatic heterocycles. The van der Waals surface area contributed by atoms with Crippen molar-refractivity contribution >= 4 is 21.5 Å². The molecular formula is C22H20. The summed E-state index contributed by atoms with van der Waals surface area (Å²) in [5.74, 6) is 0. The van der Waals surface area contributed by atoms with Crippen molar-refractivity contribution in [2.75, 3.05) is 0 Å². The van der Waals surface area contributed by atoms with E-state index in [1.54, 1.807) is 0 Å². The summed E-state index contributed by atoms with van der Waals surface area (Å²) in [5.41, 5.74) is 2.67. The number of fused-ring (bicyclic) bond motifs is 2. The Bertz CT molecular complexity index is 892. The fraction of sp³-hybridized carbons (Fsp3) is 0.0909. The van der Waals surface area contributed by atoms with Gasteiger partial charge in [0.1, 0.15) is 0 Å². The molecule has 0 radical (unpaired) electrons. The molecule has 0 aliphatic rings. The van der Waals surface area contributed by atoms with Crippen LogP contribution in [0.25, 0.3) is 21.5 Å². The lowest BCUT2D eigenvalue weighted by Crippen LogP contribution is -1.75. The fourth-order valence-corrected chi connectivity index (χ4v) is 2.70. The second-order valence-corrected chi connectivity index (χ2v) is 5.65. The molecule has 0 atom stereocenters. The topological polar surface area (TPSA) is 0 Å². The molecule has 0 spiro atoms. The quantitative estimate of drug-likeness (QED) is 0.355. The van der Waals surface area contributed by atoms with Gasteiger partial charge in [0.2, 0.25) is 0 Å². The maximum atomic E-state index is 2.20. The molecule has 0 bridgehead atoms. The van der Waals surface area contributed by atoms with E-state index in [4.69, 9.17) is 0 Å². The van der Waals surface area contributed by atoms with Gasteiger partial charge in [-0.15, -0.1) is 0 Å². The molecule has 0 N–H and O–H groups in total. The maximum Gasteiger partial charge on any atom is -0.0155 e. The molecule has 4 rings (SSSR count). The van der Waals surface area contributed by atoms with E-state index in [9.17, 15) is 0 Å². The van der Waals surface area contributed by atoms with Gasteiger partial charge in [0.25, 0.3) is 0 Å². The zero-order chi connectivity index (χ0) is 15.4. The van der Waals surface area contributed by atoms with Crippen molar-refractivity contribution in [1.82, 2.24) is 0 Å². The molecule has 4 aromatic carbocycles. The van der Waals surface area contributed by atoms with Crippen molar-refractivity contribution < 1.29 is 0 Å². The van der Waals surface area contributed by atoms with E-state index in [1.807, 2.05) is 0 Å². The van der Waals surface area contributed by atoms with Crippen LogP contribution >= 0.6 is 0 Å². The Morgan fingerprint density at radius 2 is 1.14 bits per heavy atom. The van der Waals surface area contributed by atoms with Crippen LogP contribution in [0.3, 0.4) is 0 Å². The first-order valence-corrected chi connectivity index (χ1v) is 7.64. The Balaban J connectivity index is 0.000000131. The molecule has 4 aromatic rings. The molecule has 0 heterocycles. The first-order chi connectivity index (χ1) is 10.7. The van der Waals surface area contributed by atoms with Crippen molar-refractivity contribution in [3.8, 4) is 0 Å². The predicted molar refractivity (Wildman–Crippen MR) is 97.4 cm³/mol. The summed E-state index contributed by atoms with van der Waals surface area (Å²) in [5, 5.41) is 5.33. The minimum atomic E-state index is 1.32. The Morgan fingerprint density at radius 1 is 0.500 bits per heavy atom. The van der Waals surface area contributed by atoms with Gasteiger partial charge >= 0.3 is 0 Å². The van der Waals surface area contributed by atoms with Crippen LogP contribution in [0.15, 0.2) is 84.9 Å². The van der Waals surface area contributed by atoms with Gasteiger partial charge in [0.05, 0.1) is 0 Å². The molecule has 0 aromatic heterocycles. The number of aryl methyl sites for hydroxylation is 2. The molecule has 0 fully saturated rings. The van der Waals surface area contributed by atoms with Gasteiger partial charge in [0, 0.05) is 0 Å². The molecule has 0 amide bonds.